The second kappa shape index (κ2) is 7.41. The fourth-order valence-electron chi connectivity index (χ4n) is 2.72. The van der Waals surface area contributed by atoms with E-state index in [-0.39, 0.29) is 11.5 Å². The van der Waals surface area contributed by atoms with Gasteiger partial charge >= 0.3 is 0 Å². The highest BCUT2D eigenvalue weighted by atomic mass is 32.2. The second-order valence-corrected chi connectivity index (χ2v) is 7.73. The molecule has 3 aromatic rings. The molecule has 0 fully saturated rings. The van der Waals surface area contributed by atoms with Crippen LogP contribution in [0.4, 0.5) is 0 Å². The zero-order valence-corrected chi connectivity index (χ0v) is 15.3. The summed E-state index contributed by atoms with van der Waals surface area (Å²) < 4.78 is 24.7. The molecule has 0 aliphatic carbocycles. The Hall–Kier alpha value is -2.48. The summed E-state index contributed by atoms with van der Waals surface area (Å²) >= 11 is 0. The van der Waals surface area contributed by atoms with Crippen LogP contribution in [0.5, 0.6) is 0 Å². The Kier molecular flexibility index (Phi) is 5.22. The Balaban J connectivity index is 2.06. The maximum absolute atomic E-state index is 11.5. The number of aryl methyl sites for hydroxylation is 2. The summed E-state index contributed by atoms with van der Waals surface area (Å²) in [6.07, 6.45) is 1.30. The molecule has 0 aliphatic rings. The topological polar surface area (TPSA) is 98.2 Å². The Morgan fingerprint density at radius 1 is 1.08 bits per heavy atom. The SMILES string of the molecule is Cc1ccc(-c2cc(CCCO)nn2-c2ccc(S(N)(=O)=O)cc2)cc1. The number of rotatable bonds is 6. The minimum absolute atomic E-state index is 0.0609. The Morgan fingerprint density at radius 3 is 2.31 bits per heavy atom. The van der Waals surface area contributed by atoms with Gasteiger partial charge in [0.25, 0.3) is 0 Å². The van der Waals surface area contributed by atoms with E-state index in [4.69, 9.17) is 10.2 Å². The zero-order chi connectivity index (χ0) is 18.7. The summed E-state index contributed by atoms with van der Waals surface area (Å²) in [7, 11) is -3.73. The van der Waals surface area contributed by atoms with Crippen LogP contribution in [0.1, 0.15) is 17.7 Å². The van der Waals surface area contributed by atoms with Crippen molar-refractivity contribution in [2.75, 3.05) is 6.61 Å². The van der Waals surface area contributed by atoms with Gasteiger partial charge in [-0.25, -0.2) is 18.2 Å². The van der Waals surface area contributed by atoms with Crippen LogP contribution in [0.3, 0.4) is 0 Å². The minimum Gasteiger partial charge on any atom is -0.396 e. The molecule has 3 rings (SSSR count). The number of hydrogen-bond donors (Lipinski definition) is 2. The quantitative estimate of drug-likeness (QED) is 0.695. The average Bonchev–Trinajstić information content (AvgIpc) is 3.04. The molecule has 0 radical (unpaired) electrons. The molecular weight excluding hydrogens is 350 g/mol. The van der Waals surface area contributed by atoms with Gasteiger partial charge in [-0.05, 0) is 50.1 Å². The van der Waals surface area contributed by atoms with Crippen LogP contribution in [0.25, 0.3) is 16.9 Å². The summed E-state index contributed by atoms with van der Waals surface area (Å²) in [6, 6.07) is 16.4. The lowest BCUT2D eigenvalue weighted by Crippen LogP contribution is -2.12. The van der Waals surface area contributed by atoms with Crippen molar-refractivity contribution in [2.24, 2.45) is 5.14 Å². The molecule has 1 heterocycles. The Bertz CT molecular complexity index is 992. The van der Waals surface area contributed by atoms with Gasteiger partial charge in [-0.1, -0.05) is 29.8 Å². The Labute approximate surface area is 153 Å². The van der Waals surface area contributed by atoms with E-state index in [9.17, 15) is 8.42 Å². The van der Waals surface area contributed by atoms with Crippen molar-refractivity contribution >= 4 is 10.0 Å². The lowest BCUT2D eigenvalue weighted by molar-refractivity contribution is 0.288. The number of aliphatic hydroxyl groups is 1. The number of aromatic nitrogens is 2. The number of benzene rings is 2. The van der Waals surface area contributed by atoms with Gasteiger partial charge in [-0.15, -0.1) is 0 Å². The highest BCUT2D eigenvalue weighted by Crippen LogP contribution is 2.25. The molecule has 0 saturated carbocycles. The summed E-state index contributed by atoms with van der Waals surface area (Å²) in [5, 5.41) is 18.9. The van der Waals surface area contributed by atoms with Gasteiger partial charge in [0.1, 0.15) is 0 Å². The van der Waals surface area contributed by atoms with Crippen molar-refractivity contribution in [1.82, 2.24) is 9.78 Å². The third-order valence-electron chi connectivity index (χ3n) is 4.11. The number of nitrogens with zero attached hydrogens (tertiary/aromatic N) is 2. The van der Waals surface area contributed by atoms with Gasteiger partial charge in [-0.3, -0.25) is 0 Å². The molecule has 26 heavy (non-hydrogen) atoms. The predicted molar refractivity (Wildman–Crippen MR) is 101 cm³/mol. The smallest absolute Gasteiger partial charge is 0.238 e. The summed E-state index contributed by atoms with van der Waals surface area (Å²) in [5.74, 6) is 0. The first-order chi connectivity index (χ1) is 12.4. The van der Waals surface area contributed by atoms with E-state index in [1.54, 1.807) is 16.8 Å². The fraction of sp³-hybridized carbons (Fsp3) is 0.211. The van der Waals surface area contributed by atoms with E-state index in [0.29, 0.717) is 12.8 Å². The molecule has 0 aliphatic heterocycles. The first-order valence-electron chi connectivity index (χ1n) is 8.28. The van der Waals surface area contributed by atoms with Gasteiger partial charge in [-0.2, -0.15) is 5.10 Å². The molecule has 136 valence electrons. The molecule has 6 nitrogen and oxygen atoms in total. The highest BCUT2D eigenvalue weighted by Gasteiger charge is 2.13. The van der Waals surface area contributed by atoms with E-state index in [2.05, 4.69) is 5.10 Å². The van der Waals surface area contributed by atoms with Gasteiger partial charge in [0.15, 0.2) is 0 Å². The first-order valence-corrected chi connectivity index (χ1v) is 9.83. The standard InChI is InChI=1S/C19H21N3O3S/c1-14-4-6-15(7-5-14)19-13-16(3-2-12-23)21-22(19)17-8-10-18(11-9-17)26(20,24)25/h4-11,13,23H,2-3,12H2,1H3,(H2,20,24,25). The van der Waals surface area contributed by atoms with Crippen molar-refractivity contribution in [3.05, 3.63) is 65.9 Å². The normalized spacial score (nSPS) is 11.7. The third-order valence-corrected chi connectivity index (χ3v) is 5.04. The third kappa shape index (κ3) is 4.01. The number of nitrogens with two attached hydrogens (primary N) is 1. The van der Waals surface area contributed by atoms with Crippen LogP contribution < -0.4 is 5.14 Å². The van der Waals surface area contributed by atoms with Crippen molar-refractivity contribution in [3.63, 3.8) is 0 Å². The van der Waals surface area contributed by atoms with Crippen molar-refractivity contribution in [2.45, 2.75) is 24.7 Å². The zero-order valence-electron chi connectivity index (χ0n) is 14.5. The Morgan fingerprint density at radius 2 is 1.73 bits per heavy atom. The molecule has 0 atom stereocenters. The van der Waals surface area contributed by atoms with E-state index < -0.39 is 10.0 Å². The van der Waals surface area contributed by atoms with E-state index in [1.165, 1.54) is 12.1 Å². The lowest BCUT2D eigenvalue weighted by atomic mass is 10.1. The maximum Gasteiger partial charge on any atom is 0.238 e. The molecule has 0 amide bonds. The molecular formula is C19H21N3O3S. The van der Waals surface area contributed by atoms with Crippen LogP contribution in [0, 0.1) is 6.92 Å². The maximum atomic E-state index is 11.5. The highest BCUT2D eigenvalue weighted by molar-refractivity contribution is 7.89. The minimum atomic E-state index is -3.73. The van der Waals surface area contributed by atoms with Crippen LogP contribution in [-0.2, 0) is 16.4 Å². The van der Waals surface area contributed by atoms with Crippen LogP contribution >= 0.6 is 0 Å². The largest absolute Gasteiger partial charge is 0.396 e. The first kappa shape index (κ1) is 18.3. The molecule has 2 aromatic carbocycles. The number of primary sulfonamides is 1. The summed E-state index contributed by atoms with van der Waals surface area (Å²) in [6.45, 7) is 2.13. The molecule has 0 bridgehead atoms. The number of aliphatic hydroxyl groups excluding tert-OH is 1. The molecule has 0 unspecified atom stereocenters. The van der Waals surface area contributed by atoms with Gasteiger partial charge in [0.05, 0.1) is 22.0 Å². The van der Waals surface area contributed by atoms with Crippen LogP contribution in [-0.4, -0.2) is 29.9 Å². The van der Waals surface area contributed by atoms with Crippen LogP contribution in [0.15, 0.2) is 59.5 Å². The van der Waals surface area contributed by atoms with Crippen molar-refractivity contribution in [3.8, 4) is 16.9 Å². The summed E-state index contributed by atoms with van der Waals surface area (Å²) in [5.41, 5.74) is 4.68. The average molecular weight is 371 g/mol. The predicted octanol–water partition coefficient (Wildman–Crippen LogP) is 2.42. The van der Waals surface area contributed by atoms with E-state index in [1.807, 2.05) is 37.3 Å². The molecule has 0 saturated heterocycles. The molecule has 0 spiro atoms. The van der Waals surface area contributed by atoms with Crippen molar-refractivity contribution < 1.29 is 13.5 Å². The van der Waals surface area contributed by atoms with Crippen LogP contribution in [0.2, 0.25) is 0 Å². The second-order valence-electron chi connectivity index (χ2n) is 6.16. The molecule has 3 N–H and O–H groups in total. The fourth-order valence-corrected chi connectivity index (χ4v) is 3.23. The van der Waals surface area contributed by atoms with Crippen molar-refractivity contribution in [1.29, 1.82) is 0 Å². The monoisotopic (exact) mass is 371 g/mol. The van der Waals surface area contributed by atoms with Gasteiger partial charge in [0.2, 0.25) is 10.0 Å². The summed E-state index contributed by atoms with van der Waals surface area (Å²) in [4.78, 5) is 0.0609. The number of hydrogen-bond acceptors (Lipinski definition) is 4. The lowest BCUT2D eigenvalue weighted by Gasteiger charge is -2.09. The van der Waals surface area contributed by atoms with E-state index >= 15 is 0 Å². The van der Waals surface area contributed by atoms with Gasteiger partial charge < -0.3 is 5.11 Å². The number of sulfonamides is 1. The molecule has 7 heteroatoms. The molecule has 1 aromatic heterocycles. The van der Waals surface area contributed by atoms with Gasteiger partial charge in [0, 0.05) is 12.2 Å². The van der Waals surface area contributed by atoms with E-state index in [0.717, 1.165) is 28.2 Å².